The molecule has 0 amide bonds. The van der Waals surface area contributed by atoms with Gasteiger partial charge in [0.05, 0.1) is 23.0 Å². The van der Waals surface area contributed by atoms with E-state index in [0.717, 1.165) is 5.56 Å². The Hall–Kier alpha value is -0.910. The zero-order valence-corrected chi connectivity index (χ0v) is 11.7. The summed E-state index contributed by atoms with van der Waals surface area (Å²) in [6.07, 6.45) is 1.60. The number of hydrogen-bond acceptors (Lipinski definition) is 4. The summed E-state index contributed by atoms with van der Waals surface area (Å²) in [7, 11) is 1.60. The molecule has 2 aromatic heterocycles. The summed E-state index contributed by atoms with van der Waals surface area (Å²) >= 11 is 9.36. The number of aryl methyl sites for hydroxylation is 1. The molecule has 0 aliphatic rings. The molecule has 0 aromatic carbocycles. The number of ether oxygens (including phenoxy) is 1. The van der Waals surface area contributed by atoms with Crippen LogP contribution in [-0.2, 0) is 11.3 Å². The van der Waals surface area contributed by atoms with Crippen molar-refractivity contribution in [3.05, 3.63) is 33.2 Å². The molecule has 0 unspecified atom stereocenters. The fourth-order valence-electron chi connectivity index (χ4n) is 1.40. The molecule has 90 valence electrons. The van der Waals surface area contributed by atoms with Crippen molar-refractivity contribution in [2.75, 3.05) is 7.11 Å². The van der Waals surface area contributed by atoms with E-state index in [0.29, 0.717) is 33.5 Å². The summed E-state index contributed by atoms with van der Waals surface area (Å²) in [6.45, 7) is 2.28. The molecule has 17 heavy (non-hydrogen) atoms. The number of furan rings is 1. The Bertz CT molecular complexity index is 542. The van der Waals surface area contributed by atoms with Gasteiger partial charge in [-0.25, -0.2) is 9.97 Å². The average Bonchev–Trinajstić information content (AvgIpc) is 2.71. The summed E-state index contributed by atoms with van der Waals surface area (Å²) in [5.74, 6) is 1.09. The Balaban J connectivity index is 2.53. The molecule has 0 N–H and O–H groups in total. The van der Waals surface area contributed by atoms with Crippen LogP contribution in [0.3, 0.4) is 0 Å². The van der Waals surface area contributed by atoms with E-state index in [2.05, 4.69) is 25.9 Å². The standard InChI is InChI=1S/C11H10BrClN2O2/c1-6-3-4-17-9(6)11-14-7(5-16-2)8(12)10(13)15-11/h3-4H,5H2,1-2H3. The van der Waals surface area contributed by atoms with Gasteiger partial charge in [0.25, 0.3) is 0 Å². The number of aromatic nitrogens is 2. The molecule has 0 radical (unpaired) electrons. The summed E-state index contributed by atoms with van der Waals surface area (Å²) in [5, 5.41) is 0.345. The first kappa shape index (κ1) is 12.5. The van der Waals surface area contributed by atoms with Crippen LogP contribution in [-0.4, -0.2) is 17.1 Å². The minimum Gasteiger partial charge on any atom is -0.461 e. The van der Waals surface area contributed by atoms with E-state index in [4.69, 9.17) is 20.8 Å². The average molecular weight is 318 g/mol. The van der Waals surface area contributed by atoms with Gasteiger partial charge >= 0.3 is 0 Å². The topological polar surface area (TPSA) is 48.2 Å². The fraction of sp³-hybridized carbons (Fsp3) is 0.273. The van der Waals surface area contributed by atoms with Gasteiger partial charge in [-0.15, -0.1) is 0 Å². The third-order valence-electron chi connectivity index (χ3n) is 2.23. The second-order valence-electron chi connectivity index (χ2n) is 3.46. The highest BCUT2D eigenvalue weighted by Gasteiger charge is 2.15. The molecule has 0 aliphatic carbocycles. The molecule has 0 spiro atoms. The second kappa shape index (κ2) is 5.16. The molecule has 6 heteroatoms. The first-order valence-electron chi connectivity index (χ1n) is 4.88. The fourth-order valence-corrected chi connectivity index (χ4v) is 1.88. The van der Waals surface area contributed by atoms with Crippen molar-refractivity contribution in [3.8, 4) is 11.6 Å². The van der Waals surface area contributed by atoms with Crippen LogP contribution in [0.5, 0.6) is 0 Å². The van der Waals surface area contributed by atoms with Crippen molar-refractivity contribution in [2.45, 2.75) is 13.5 Å². The number of methoxy groups -OCH3 is 1. The molecule has 2 rings (SSSR count). The highest BCUT2D eigenvalue weighted by molar-refractivity contribution is 9.10. The first-order valence-corrected chi connectivity index (χ1v) is 6.06. The van der Waals surface area contributed by atoms with E-state index >= 15 is 0 Å². The smallest absolute Gasteiger partial charge is 0.197 e. The quantitative estimate of drug-likeness (QED) is 0.811. The molecule has 0 bridgehead atoms. The van der Waals surface area contributed by atoms with Gasteiger partial charge < -0.3 is 9.15 Å². The van der Waals surface area contributed by atoms with Crippen LogP contribution in [0.25, 0.3) is 11.6 Å². The highest BCUT2D eigenvalue weighted by Crippen LogP contribution is 2.28. The third kappa shape index (κ3) is 2.51. The summed E-state index contributed by atoms with van der Waals surface area (Å²) in [5.41, 5.74) is 1.66. The number of halogens is 2. The van der Waals surface area contributed by atoms with Gasteiger partial charge in [-0.2, -0.15) is 0 Å². The van der Waals surface area contributed by atoms with Crippen molar-refractivity contribution < 1.29 is 9.15 Å². The lowest BCUT2D eigenvalue weighted by Crippen LogP contribution is -2.00. The summed E-state index contributed by atoms with van der Waals surface area (Å²) in [6, 6.07) is 1.85. The maximum Gasteiger partial charge on any atom is 0.197 e. The van der Waals surface area contributed by atoms with Crippen molar-refractivity contribution in [1.82, 2.24) is 9.97 Å². The van der Waals surface area contributed by atoms with Crippen LogP contribution >= 0.6 is 27.5 Å². The zero-order chi connectivity index (χ0) is 12.4. The van der Waals surface area contributed by atoms with Gasteiger partial charge in [0.1, 0.15) is 5.15 Å². The van der Waals surface area contributed by atoms with Crippen molar-refractivity contribution in [3.63, 3.8) is 0 Å². The van der Waals surface area contributed by atoms with Gasteiger partial charge in [0.2, 0.25) is 0 Å². The Morgan fingerprint density at radius 2 is 2.24 bits per heavy atom. The minimum atomic E-state index is 0.345. The molecule has 2 heterocycles. The Morgan fingerprint density at radius 3 is 2.82 bits per heavy atom. The highest BCUT2D eigenvalue weighted by atomic mass is 79.9. The number of nitrogens with zero attached hydrogens (tertiary/aromatic N) is 2. The Morgan fingerprint density at radius 1 is 1.47 bits per heavy atom. The largest absolute Gasteiger partial charge is 0.461 e. The van der Waals surface area contributed by atoms with E-state index in [-0.39, 0.29) is 0 Å². The second-order valence-corrected chi connectivity index (χ2v) is 4.62. The molecule has 0 atom stereocenters. The lowest BCUT2D eigenvalue weighted by molar-refractivity contribution is 0.181. The van der Waals surface area contributed by atoms with Crippen LogP contribution in [0, 0.1) is 6.92 Å². The van der Waals surface area contributed by atoms with E-state index in [1.54, 1.807) is 13.4 Å². The van der Waals surface area contributed by atoms with Gasteiger partial charge in [-0.3, -0.25) is 0 Å². The van der Waals surface area contributed by atoms with Gasteiger partial charge in [0, 0.05) is 7.11 Å². The molecule has 0 saturated carbocycles. The molecule has 0 aliphatic heterocycles. The molecule has 2 aromatic rings. The third-order valence-corrected chi connectivity index (χ3v) is 3.56. The molecular formula is C11H10BrClN2O2. The van der Waals surface area contributed by atoms with E-state index in [1.165, 1.54) is 0 Å². The predicted molar refractivity (Wildman–Crippen MR) is 67.9 cm³/mol. The molecular weight excluding hydrogens is 307 g/mol. The van der Waals surface area contributed by atoms with Gasteiger partial charge in [0.15, 0.2) is 11.6 Å². The van der Waals surface area contributed by atoms with Crippen LogP contribution in [0.15, 0.2) is 21.2 Å². The normalized spacial score (nSPS) is 10.8. The predicted octanol–water partition coefficient (Wildman–Crippen LogP) is 3.61. The zero-order valence-electron chi connectivity index (χ0n) is 9.33. The van der Waals surface area contributed by atoms with E-state index in [1.807, 2.05) is 13.0 Å². The maximum absolute atomic E-state index is 6.03. The van der Waals surface area contributed by atoms with Gasteiger partial charge in [-0.1, -0.05) is 11.6 Å². The Kier molecular flexibility index (Phi) is 3.81. The first-order chi connectivity index (χ1) is 8.13. The number of rotatable bonds is 3. The number of hydrogen-bond donors (Lipinski definition) is 0. The lowest BCUT2D eigenvalue weighted by atomic mass is 10.2. The summed E-state index contributed by atoms with van der Waals surface area (Å²) < 4.78 is 11.0. The van der Waals surface area contributed by atoms with Crippen LogP contribution in [0.1, 0.15) is 11.3 Å². The monoisotopic (exact) mass is 316 g/mol. The minimum absolute atomic E-state index is 0.345. The molecule has 0 fully saturated rings. The molecule has 0 saturated heterocycles. The van der Waals surface area contributed by atoms with Crippen molar-refractivity contribution in [2.24, 2.45) is 0 Å². The SMILES string of the molecule is COCc1nc(-c2occc2C)nc(Cl)c1Br. The Labute approximate surface area is 112 Å². The lowest BCUT2D eigenvalue weighted by Gasteiger charge is -2.06. The van der Waals surface area contributed by atoms with Crippen LogP contribution < -0.4 is 0 Å². The van der Waals surface area contributed by atoms with Gasteiger partial charge in [-0.05, 0) is 34.5 Å². The van der Waals surface area contributed by atoms with Crippen molar-refractivity contribution in [1.29, 1.82) is 0 Å². The maximum atomic E-state index is 6.03. The van der Waals surface area contributed by atoms with E-state index in [9.17, 15) is 0 Å². The molecule has 4 nitrogen and oxygen atoms in total. The van der Waals surface area contributed by atoms with Crippen LogP contribution in [0.2, 0.25) is 5.15 Å². The van der Waals surface area contributed by atoms with Crippen LogP contribution in [0.4, 0.5) is 0 Å². The van der Waals surface area contributed by atoms with Crippen molar-refractivity contribution >= 4 is 27.5 Å². The van der Waals surface area contributed by atoms with E-state index < -0.39 is 0 Å². The summed E-state index contributed by atoms with van der Waals surface area (Å²) in [4.78, 5) is 8.54.